The molecule has 2 aliphatic rings. The highest BCUT2D eigenvalue weighted by atomic mass is 19.4. The second-order valence-corrected chi connectivity index (χ2v) is 7.83. The first kappa shape index (κ1) is 19.9. The molecule has 0 radical (unpaired) electrons. The normalized spacial score (nSPS) is 18.4. The number of halogens is 3. The van der Waals surface area contributed by atoms with E-state index in [9.17, 15) is 18.0 Å². The molecule has 5 nitrogen and oxygen atoms in total. The van der Waals surface area contributed by atoms with Gasteiger partial charge in [-0.25, -0.2) is 4.98 Å². The third kappa shape index (κ3) is 4.80. The summed E-state index contributed by atoms with van der Waals surface area (Å²) in [7, 11) is 0. The summed E-state index contributed by atoms with van der Waals surface area (Å²) in [5, 5.41) is 0. The number of hydrogen-bond donors (Lipinski definition) is 1. The SMILES string of the molecule is O=c1[nH]c(C2CCCCC2)nc2c1CN(Cc1ccccc1OC(F)(F)F)CC2. The Kier molecular flexibility index (Phi) is 5.63. The molecular weight excluding hydrogens is 383 g/mol. The maximum Gasteiger partial charge on any atom is 0.573 e. The van der Waals surface area contributed by atoms with Gasteiger partial charge < -0.3 is 9.72 Å². The molecule has 1 aliphatic carbocycles. The highest BCUT2D eigenvalue weighted by Gasteiger charge is 2.32. The van der Waals surface area contributed by atoms with Crippen LogP contribution < -0.4 is 10.3 Å². The number of aromatic amines is 1. The van der Waals surface area contributed by atoms with Gasteiger partial charge in [-0.1, -0.05) is 37.5 Å². The first-order chi connectivity index (χ1) is 13.9. The van der Waals surface area contributed by atoms with Crippen LogP contribution >= 0.6 is 0 Å². The maximum absolute atomic E-state index is 12.7. The van der Waals surface area contributed by atoms with Crippen molar-refractivity contribution in [2.45, 2.75) is 63.9 Å². The molecule has 1 aromatic carbocycles. The van der Waals surface area contributed by atoms with Crippen LogP contribution in [-0.4, -0.2) is 27.8 Å². The van der Waals surface area contributed by atoms with Crippen LogP contribution in [0.15, 0.2) is 29.1 Å². The predicted octanol–water partition coefficient (Wildman–Crippen LogP) is 4.27. The van der Waals surface area contributed by atoms with E-state index in [0.29, 0.717) is 36.6 Å². The number of rotatable bonds is 4. The number of ether oxygens (including phenoxy) is 1. The summed E-state index contributed by atoms with van der Waals surface area (Å²) in [5.74, 6) is 0.919. The van der Waals surface area contributed by atoms with Crippen LogP contribution in [0.5, 0.6) is 5.75 Å². The minimum Gasteiger partial charge on any atom is -0.405 e. The van der Waals surface area contributed by atoms with Crippen molar-refractivity contribution < 1.29 is 17.9 Å². The fourth-order valence-corrected chi connectivity index (χ4v) is 4.30. The quantitative estimate of drug-likeness (QED) is 0.822. The van der Waals surface area contributed by atoms with Gasteiger partial charge in [0.1, 0.15) is 11.6 Å². The van der Waals surface area contributed by atoms with Crippen molar-refractivity contribution in [3.63, 3.8) is 0 Å². The zero-order chi connectivity index (χ0) is 20.4. The van der Waals surface area contributed by atoms with Gasteiger partial charge in [-0.05, 0) is 18.9 Å². The van der Waals surface area contributed by atoms with Gasteiger partial charge in [-0.3, -0.25) is 9.69 Å². The number of para-hydroxylation sites is 1. The van der Waals surface area contributed by atoms with Crippen LogP contribution in [0, 0.1) is 0 Å². The molecule has 0 amide bonds. The van der Waals surface area contributed by atoms with Crippen molar-refractivity contribution in [1.29, 1.82) is 0 Å². The summed E-state index contributed by atoms with van der Waals surface area (Å²) in [5.41, 5.74) is 1.76. The van der Waals surface area contributed by atoms with Gasteiger partial charge in [0.05, 0.1) is 11.3 Å². The lowest BCUT2D eigenvalue weighted by atomic mass is 9.88. The molecule has 29 heavy (non-hydrogen) atoms. The van der Waals surface area contributed by atoms with Crippen LogP contribution in [0.3, 0.4) is 0 Å². The minimum atomic E-state index is -4.73. The minimum absolute atomic E-state index is 0.125. The molecule has 1 aliphatic heterocycles. The molecule has 0 atom stereocenters. The molecule has 1 fully saturated rings. The van der Waals surface area contributed by atoms with Crippen molar-refractivity contribution in [3.05, 3.63) is 57.3 Å². The maximum atomic E-state index is 12.7. The molecule has 0 saturated heterocycles. The molecule has 1 aromatic heterocycles. The molecule has 0 spiro atoms. The van der Waals surface area contributed by atoms with Gasteiger partial charge in [-0.2, -0.15) is 0 Å². The first-order valence-electron chi connectivity index (χ1n) is 10.1. The third-order valence-corrected chi connectivity index (χ3v) is 5.75. The molecule has 4 rings (SSSR count). The lowest BCUT2D eigenvalue weighted by Crippen LogP contribution is -2.36. The van der Waals surface area contributed by atoms with E-state index in [1.807, 2.05) is 4.90 Å². The number of alkyl halides is 3. The zero-order valence-corrected chi connectivity index (χ0v) is 16.1. The number of fused-ring (bicyclic) bond motifs is 1. The number of aromatic nitrogens is 2. The van der Waals surface area contributed by atoms with Crippen LogP contribution in [0.25, 0.3) is 0 Å². The molecule has 0 bridgehead atoms. The number of benzene rings is 1. The van der Waals surface area contributed by atoms with E-state index >= 15 is 0 Å². The van der Waals surface area contributed by atoms with Gasteiger partial charge >= 0.3 is 6.36 Å². The number of hydrogen-bond acceptors (Lipinski definition) is 4. The van der Waals surface area contributed by atoms with E-state index in [4.69, 9.17) is 4.98 Å². The molecular formula is C21H24F3N3O2. The van der Waals surface area contributed by atoms with E-state index in [1.54, 1.807) is 12.1 Å². The summed E-state index contributed by atoms with van der Waals surface area (Å²) in [6, 6.07) is 6.12. The van der Waals surface area contributed by atoms with Gasteiger partial charge in [-0.15, -0.1) is 13.2 Å². The first-order valence-corrected chi connectivity index (χ1v) is 10.1. The van der Waals surface area contributed by atoms with Gasteiger partial charge in [0, 0.05) is 37.5 Å². The van der Waals surface area contributed by atoms with Crippen molar-refractivity contribution in [2.75, 3.05) is 6.54 Å². The Morgan fingerprint density at radius 1 is 1.17 bits per heavy atom. The van der Waals surface area contributed by atoms with E-state index in [0.717, 1.165) is 24.4 Å². The number of nitrogens with one attached hydrogen (secondary N) is 1. The smallest absolute Gasteiger partial charge is 0.405 e. The summed E-state index contributed by atoms with van der Waals surface area (Å²) < 4.78 is 42.1. The second kappa shape index (κ2) is 8.18. The second-order valence-electron chi connectivity index (χ2n) is 7.83. The van der Waals surface area contributed by atoms with Crippen molar-refractivity contribution in [2.24, 2.45) is 0 Å². The monoisotopic (exact) mass is 407 g/mol. The summed E-state index contributed by atoms with van der Waals surface area (Å²) >= 11 is 0. The third-order valence-electron chi connectivity index (χ3n) is 5.75. The average Bonchev–Trinajstić information content (AvgIpc) is 2.69. The lowest BCUT2D eigenvalue weighted by molar-refractivity contribution is -0.275. The van der Waals surface area contributed by atoms with Gasteiger partial charge in [0.2, 0.25) is 0 Å². The lowest BCUT2D eigenvalue weighted by Gasteiger charge is -2.29. The molecule has 2 heterocycles. The zero-order valence-electron chi connectivity index (χ0n) is 16.1. The Morgan fingerprint density at radius 2 is 1.93 bits per heavy atom. The van der Waals surface area contributed by atoms with Crippen molar-refractivity contribution >= 4 is 0 Å². The molecule has 156 valence electrons. The Bertz CT molecular complexity index is 920. The standard InChI is InChI=1S/C21H24F3N3O2/c22-21(23,24)29-18-9-5-4-8-15(18)12-27-11-10-17-16(13-27)20(28)26-19(25-17)14-6-2-1-3-7-14/h4-5,8-9,14H,1-3,6-7,10-13H2,(H,25,26,28). The Morgan fingerprint density at radius 3 is 2.69 bits per heavy atom. The van der Waals surface area contributed by atoms with Crippen molar-refractivity contribution in [1.82, 2.24) is 14.9 Å². The summed E-state index contributed by atoms with van der Waals surface area (Å²) in [4.78, 5) is 22.4. The van der Waals surface area contributed by atoms with E-state index < -0.39 is 6.36 Å². The van der Waals surface area contributed by atoms with Crippen LogP contribution in [0.2, 0.25) is 0 Å². The fraction of sp³-hybridized carbons (Fsp3) is 0.524. The van der Waals surface area contributed by atoms with E-state index in [1.165, 1.54) is 31.4 Å². The molecule has 2 aromatic rings. The molecule has 1 N–H and O–H groups in total. The highest BCUT2D eigenvalue weighted by Crippen LogP contribution is 2.31. The van der Waals surface area contributed by atoms with Gasteiger partial charge in [0.15, 0.2) is 0 Å². The number of H-pyrrole nitrogens is 1. The van der Waals surface area contributed by atoms with E-state index in [-0.39, 0.29) is 17.9 Å². The Balaban J connectivity index is 1.50. The van der Waals surface area contributed by atoms with Gasteiger partial charge in [0.25, 0.3) is 5.56 Å². The fourth-order valence-electron chi connectivity index (χ4n) is 4.30. The largest absolute Gasteiger partial charge is 0.573 e. The molecule has 8 heteroatoms. The van der Waals surface area contributed by atoms with Crippen LogP contribution in [-0.2, 0) is 19.5 Å². The predicted molar refractivity (Wildman–Crippen MR) is 102 cm³/mol. The average molecular weight is 407 g/mol. The van der Waals surface area contributed by atoms with Crippen LogP contribution in [0.4, 0.5) is 13.2 Å². The van der Waals surface area contributed by atoms with Crippen LogP contribution in [0.1, 0.15) is 60.7 Å². The van der Waals surface area contributed by atoms with Crippen molar-refractivity contribution in [3.8, 4) is 5.75 Å². The van der Waals surface area contributed by atoms with E-state index in [2.05, 4.69) is 9.72 Å². The Labute approximate surface area is 166 Å². The molecule has 1 saturated carbocycles. The number of nitrogens with zero attached hydrogens (tertiary/aromatic N) is 2. The highest BCUT2D eigenvalue weighted by molar-refractivity contribution is 5.34. The topological polar surface area (TPSA) is 58.2 Å². The summed E-state index contributed by atoms with van der Waals surface area (Å²) in [6.07, 6.45) is 1.56. The molecule has 0 unspecified atom stereocenters. The summed E-state index contributed by atoms with van der Waals surface area (Å²) in [6.45, 7) is 1.27. The Hall–Kier alpha value is -2.35.